The van der Waals surface area contributed by atoms with Crippen molar-refractivity contribution in [3.63, 3.8) is 0 Å². The monoisotopic (exact) mass is 411 g/mol. The smallest absolute Gasteiger partial charge is 0.259 e. The fourth-order valence-electron chi connectivity index (χ4n) is 3.06. The molecule has 0 bridgehead atoms. The van der Waals surface area contributed by atoms with E-state index in [1.54, 1.807) is 31.2 Å². The maximum atomic E-state index is 12.6. The lowest BCUT2D eigenvalue weighted by Gasteiger charge is -2.23. The number of halogens is 2. The van der Waals surface area contributed by atoms with Gasteiger partial charge in [-0.05, 0) is 63.0 Å². The van der Waals surface area contributed by atoms with Crippen LogP contribution in [0.2, 0.25) is 5.02 Å². The number of nitrogens with one attached hydrogen (secondary N) is 3. The van der Waals surface area contributed by atoms with Crippen LogP contribution in [0.15, 0.2) is 34.9 Å². The quantitative estimate of drug-likeness (QED) is 0.700. The fraction of sp³-hybridized carbons (Fsp3) is 0.368. The Morgan fingerprint density at radius 2 is 2.07 bits per heavy atom. The molecular formula is C19H23Cl2N3O3. The van der Waals surface area contributed by atoms with E-state index in [2.05, 4.69) is 16.0 Å². The Labute approximate surface area is 169 Å². The Bertz CT molecular complexity index is 801. The number of hydrogen-bond donors (Lipinski definition) is 3. The second kappa shape index (κ2) is 9.78. The van der Waals surface area contributed by atoms with Crippen LogP contribution in [0.1, 0.15) is 39.3 Å². The van der Waals surface area contributed by atoms with Crippen LogP contribution in [-0.4, -0.2) is 31.4 Å². The Morgan fingerprint density at radius 3 is 2.74 bits per heavy atom. The van der Waals surface area contributed by atoms with Gasteiger partial charge in [-0.1, -0.05) is 11.6 Å². The first kappa shape index (κ1) is 21.3. The van der Waals surface area contributed by atoms with E-state index in [4.69, 9.17) is 16.0 Å². The molecule has 6 nitrogen and oxygen atoms in total. The molecule has 2 heterocycles. The lowest BCUT2D eigenvalue weighted by atomic mass is 9.99. The van der Waals surface area contributed by atoms with Gasteiger partial charge in [-0.2, -0.15) is 0 Å². The summed E-state index contributed by atoms with van der Waals surface area (Å²) in [6, 6.07) is 6.42. The molecule has 1 saturated heterocycles. The fourth-order valence-corrected chi connectivity index (χ4v) is 3.23. The number of amides is 2. The van der Waals surface area contributed by atoms with Crippen molar-refractivity contribution in [3.8, 4) is 0 Å². The predicted molar refractivity (Wildman–Crippen MR) is 108 cm³/mol. The van der Waals surface area contributed by atoms with Crippen molar-refractivity contribution in [1.29, 1.82) is 0 Å². The Hall–Kier alpha value is -2.02. The maximum absolute atomic E-state index is 12.6. The Kier molecular flexibility index (Phi) is 7.71. The molecule has 1 aliphatic rings. The molecule has 8 heteroatoms. The van der Waals surface area contributed by atoms with E-state index in [1.165, 1.54) is 6.26 Å². The van der Waals surface area contributed by atoms with Crippen molar-refractivity contribution < 1.29 is 14.0 Å². The zero-order valence-electron chi connectivity index (χ0n) is 15.0. The van der Waals surface area contributed by atoms with Crippen molar-refractivity contribution in [1.82, 2.24) is 10.6 Å². The molecule has 0 spiro atoms. The Balaban J connectivity index is 0.00000261. The van der Waals surface area contributed by atoms with Gasteiger partial charge < -0.3 is 20.4 Å². The van der Waals surface area contributed by atoms with Gasteiger partial charge in [-0.15, -0.1) is 12.4 Å². The second-order valence-electron chi connectivity index (χ2n) is 6.46. The first-order valence-corrected chi connectivity index (χ1v) is 9.06. The summed E-state index contributed by atoms with van der Waals surface area (Å²) in [6.45, 7) is 4.25. The third kappa shape index (κ3) is 5.48. The van der Waals surface area contributed by atoms with E-state index >= 15 is 0 Å². The number of piperidine rings is 1. The molecule has 0 aliphatic carbocycles. The zero-order valence-corrected chi connectivity index (χ0v) is 16.6. The molecule has 3 rings (SSSR count). The highest BCUT2D eigenvalue weighted by Crippen LogP contribution is 2.23. The van der Waals surface area contributed by atoms with Gasteiger partial charge in [0.25, 0.3) is 11.8 Å². The molecule has 0 saturated carbocycles. The third-order valence-corrected chi connectivity index (χ3v) is 4.76. The average Bonchev–Trinajstić information content (AvgIpc) is 3.07. The van der Waals surface area contributed by atoms with E-state index < -0.39 is 0 Å². The molecule has 1 aromatic heterocycles. The molecule has 1 atom stereocenters. The third-order valence-electron chi connectivity index (χ3n) is 4.53. The lowest BCUT2D eigenvalue weighted by molar-refractivity contribution is 0.0945. The standard InChI is InChI=1S/C19H22ClN3O3.ClH/c1-12-15(6-8-26-12)19(25)23-17-9-14(20)4-5-16(17)18(24)22-11-13-3-2-7-21-10-13;/h4-6,8-9,13,21H,2-3,7,10-11H2,1H3,(H,22,24)(H,23,25);1H. The number of furan rings is 1. The van der Waals surface area contributed by atoms with E-state index in [0.717, 1.165) is 25.9 Å². The molecule has 27 heavy (non-hydrogen) atoms. The summed E-state index contributed by atoms with van der Waals surface area (Å²) in [4.78, 5) is 25.0. The van der Waals surface area contributed by atoms with E-state index in [9.17, 15) is 9.59 Å². The first-order valence-electron chi connectivity index (χ1n) is 8.68. The minimum atomic E-state index is -0.343. The van der Waals surface area contributed by atoms with E-state index in [1.807, 2.05) is 0 Å². The van der Waals surface area contributed by atoms with Crippen molar-refractivity contribution in [2.75, 3.05) is 25.0 Å². The van der Waals surface area contributed by atoms with Crippen LogP contribution in [0.25, 0.3) is 0 Å². The Morgan fingerprint density at radius 1 is 1.26 bits per heavy atom. The molecular weight excluding hydrogens is 389 g/mol. The molecule has 1 unspecified atom stereocenters. The minimum Gasteiger partial charge on any atom is -0.469 e. The molecule has 1 aromatic carbocycles. The van der Waals surface area contributed by atoms with Crippen molar-refractivity contribution in [3.05, 3.63) is 52.4 Å². The van der Waals surface area contributed by atoms with Crippen LogP contribution in [0, 0.1) is 12.8 Å². The van der Waals surface area contributed by atoms with E-state index in [0.29, 0.717) is 40.1 Å². The summed E-state index contributed by atoms with van der Waals surface area (Å²) < 4.78 is 5.16. The van der Waals surface area contributed by atoms with Crippen LogP contribution in [0.3, 0.4) is 0 Å². The largest absolute Gasteiger partial charge is 0.469 e. The molecule has 146 valence electrons. The highest BCUT2D eigenvalue weighted by atomic mass is 35.5. The number of benzene rings is 1. The normalized spacial score (nSPS) is 16.3. The van der Waals surface area contributed by atoms with Gasteiger partial charge in [0.15, 0.2) is 0 Å². The lowest BCUT2D eigenvalue weighted by Crippen LogP contribution is -2.38. The van der Waals surface area contributed by atoms with Crippen LogP contribution < -0.4 is 16.0 Å². The van der Waals surface area contributed by atoms with Crippen LogP contribution in [-0.2, 0) is 0 Å². The maximum Gasteiger partial charge on any atom is 0.259 e. The van der Waals surface area contributed by atoms with Gasteiger partial charge in [0.05, 0.1) is 23.1 Å². The summed E-state index contributed by atoms with van der Waals surface area (Å²) in [6.07, 6.45) is 3.66. The van der Waals surface area contributed by atoms with Gasteiger partial charge in [0.2, 0.25) is 0 Å². The highest BCUT2D eigenvalue weighted by Gasteiger charge is 2.19. The van der Waals surface area contributed by atoms with Crippen molar-refractivity contribution >= 4 is 41.5 Å². The summed E-state index contributed by atoms with van der Waals surface area (Å²) in [5.74, 6) is 0.363. The summed E-state index contributed by atoms with van der Waals surface area (Å²) in [5, 5.41) is 9.48. The van der Waals surface area contributed by atoms with Crippen molar-refractivity contribution in [2.24, 2.45) is 5.92 Å². The number of hydrogen-bond acceptors (Lipinski definition) is 4. The van der Waals surface area contributed by atoms with Crippen LogP contribution >= 0.6 is 24.0 Å². The number of anilines is 1. The molecule has 3 N–H and O–H groups in total. The number of rotatable bonds is 5. The molecule has 2 aromatic rings. The molecule has 1 fully saturated rings. The zero-order chi connectivity index (χ0) is 18.5. The summed E-state index contributed by atoms with van der Waals surface area (Å²) in [5.41, 5.74) is 1.18. The van der Waals surface area contributed by atoms with E-state index in [-0.39, 0.29) is 24.2 Å². The van der Waals surface area contributed by atoms with Gasteiger partial charge in [-0.25, -0.2) is 0 Å². The van der Waals surface area contributed by atoms with Gasteiger partial charge in [-0.3, -0.25) is 9.59 Å². The average molecular weight is 412 g/mol. The van der Waals surface area contributed by atoms with Gasteiger partial charge in [0, 0.05) is 11.6 Å². The number of aryl methyl sites for hydroxylation is 1. The topological polar surface area (TPSA) is 83.4 Å². The van der Waals surface area contributed by atoms with Crippen LogP contribution in [0.4, 0.5) is 5.69 Å². The summed E-state index contributed by atoms with van der Waals surface area (Å²) in [7, 11) is 0. The van der Waals surface area contributed by atoms with Crippen LogP contribution in [0.5, 0.6) is 0 Å². The number of carbonyl (C=O) groups is 2. The second-order valence-corrected chi connectivity index (χ2v) is 6.89. The SMILES string of the molecule is Cc1occc1C(=O)Nc1cc(Cl)ccc1C(=O)NCC1CCCNC1.Cl. The summed E-state index contributed by atoms with van der Waals surface area (Å²) >= 11 is 6.05. The molecule has 0 radical (unpaired) electrons. The highest BCUT2D eigenvalue weighted by molar-refractivity contribution is 6.31. The first-order chi connectivity index (χ1) is 12.5. The van der Waals surface area contributed by atoms with Gasteiger partial charge >= 0.3 is 0 Å². The molecule has 1 aliphatic heterocycles. The predicted octanol–water partition coefficient (Wildman–Crippen LogP) is 3.64. The number of carbonyl (C=O) groups excluding carboxylic acids is 2. The minimum absolute atomic E-state index is 0. The van der Waals surface area contributed by atoms with Gasteiger partial charge in [0.1, 0.15) is 5.76 Å². The van der Waals surface area contributed by atoms with Crippen molar-refractivity contribution in [2.45, 2.75) is 19.8 Å². The molecule has 2 amide bonds.